The number of carbonyl (C=O) groups excluding carboxylic acids is 1. The van der Waals surface area contributed by atoms with Crippen LogP contribution in [0.4, 0.5) is 0 Å². The van der Waals surface area contributed by atoms with Crippen molar-refractivity contribution in [2.45, 2.75) is 32.3 Å². The first-order valence-corrected chi connectivity index (χ1v) is 9.06. The Kier molecular flexibility index (Phi) is 4.68. The van der Waals surface area contributed by atoms with Crippen molar-refractivity contribution in [2.75, 3.05) is 20.2 Å². The molecule has 4 heterocycles. The lowest BCUT2D eigenvalue weighted by atomic mass is 9.90. The maximum atomic E-state index is 12.8. The first kappa shape index (κ1) is 18.3. The van der Waals surface area contributed by atoms with Gasteiger partial charge in [0.2, 0.25) is 5.82 Å². The van der Waals surface area contributed by atoms with Gasteiger partial charge in [-0.3, -0.25) is 9.78 Å². The number of amides is 1. The van der Waals surface area contributed by atoms with E-state index < -0.39 is 5.60 Å². The molecule has 28 heavy (non-hydrogen) atoms. The molecule has 0 unspecified atom stereocenters. The first-order chi connectivity index (χ1) is 13.5. The van der Waals surface area contributed by atoms with Crippen molar-refractivity contribution in [3.63, 3.8) is 0 Å². The second kappa shape index (κ2) is 7.16. The number of methoxy groups -OCH3 is 1. The second-order valence-corrected chi connectivity index (χ2v) is 6.77. The molecule has 1 saturated heterocycles. The summed E-state index contributed by atoms with van der Waals surface area (Å²) < 4.78 is 16.7. The molecule has 1 aliphatic rings. The predicted octanol–water partition coefficient (Wildman–Crippen LogP) is 2.51. The van der Waals surface area contributed by atoms with E-state index in [0.717, 1.165) is 0 Å². The smallest absolute Gasteiger partial charge is 0.276 e. The maximum absolute atomic E-state index is 12.8. The Labute approximate surface area is 161 Å². The normalized spacial score (nSPS) is 16.3. The number of aryl methyl sites for hydroxylation is 2. The number of oxazole rings is 1. The van der Waals surface area contributed by atoms with Gasteiger partial charge in [-0.15, -0.1) is 0 Å². The minimum absolute atomic E-state index is 0.140. The molecule has 4 rings (SSSR count). The Morgan fingerprint density at radius 1 is 1.21 bits per heavy atom. The van der Waals surface area contributed by atoms with E-state index in [2.05, 4.69) is 20.1 Å². The topological polar surface area (TPSA) is 107 Å². The molecule has 0 spiro atoms. The van der Waals surface area contributed by atoms with Gasteiger partial charge < -0.3 is 18.6 Å². The SMILES string of the molecule is COC1(c2nc(-c3ccccn3)no2)CCN(C(=O)c2nc(C)oc2C)CC1. The largest absolute Gasteiger partial charge is 0.445 e. The number of ether oxygens (including phenoxy) is 1. The lowest BCUT2D eigenvalue weighted by molar-refractivity contribution is -0.0780. The Morgan fingerprint density at radius 2 is 2.00 bits per heavy atom. The summed E-state index contributed by atoms with van der Waals surface area (Å²) in [4.78, 5) is 27.4. The van der Waals surface area contributed by atoms with Crippen molar-refractivity contribution < 1.29 is 18.5 Å². The zero-order valence-electron chi connectivity index (χ0n) is 16.0. The minimum Gasteiger partial charge on any atom is -0.445 e. The van der Waals surface area contributed by atoms with Crippen molar-refractivity contribution in [2.24, 2.45) is 0 Å². The highest BCUT2D eigenvalue weighted by atomic mass is 16.5. The van der Waals surface area contributed by atoms with Gasteiger partial charge >= 0.3 is 0 Å². The van der Waals surface area contributed by atoms with E-state index in [1.165, 1.54) is 0 Å². The van der Waals surface area contributed by atoms with Crippen LogP contribution in [0.3, 0.4) is 0 Å². The van der Waals surface area contributed by atoms with E-state index in [1.807, 2.05) is 18.2 Å². The van der Waals surface area contributed by atoms with Gasteiger partial charge in [-0.2, -0.15) is 4.98 Å². The third-order valence-corrected chi connectivity index (χ3v) is 5.06. The number of hydrogen-bond acceptors (Lipinski definition) is 8. The van der Waals surface area contributed by atoms with Crippen LogP contribution in [0.2, 0.25) is 0 Å². The third kappa shape index (κ3) is 3.18. The monoisotopic (exact) mass is 383 g/mol. The van der Waals surface area contributed by atoms with Gasteiger partial charge in [0.25, 0.3) is 11.8 Å². The number of rotatable bonds is 4. The number of likely N-dealkylation sites (tertiary alicyclic amines) is 1. The zero-order chi connectivity index (χ0) is 19.7. The maximum Gasteiger partial charge on any atom is 0.276 e. The fourth-order valence-electron chi connectivity index (χ4n) is 3.46. The van der Waals surface area contributed by atoms with E-state index in [-0.39, 0.29) is 5.91 Å². The van der Waals surface area contributed by atoms with E-state index in [4.69, 9.17) is 13.7 Å². The van der Waals surface area contributed by atoms with Crippen LogP contribution in [0.1, 0.15) is 40.9 Å². The summed E-state index contributed by atoms with van der Waals surface area (Å²) in [6.07, 6.45) is 2.75. The van der Waals surface area contributed by atoms with Crippen LogP contribution in [0.15, 0.2) is 33.3 Å². The van der Waals surface area contributed by atoms with Gasteiger partial charge in [0, 0.05) is 46.2 Å². The molecule has 0 aliphatic carbocycles. The second-order valence-electron chi connectivity index (χ2n) is 6.77. The highest BCUT2D eigenvalue weighted by Gasteiger charge is 2.43. The quantitative estimate of drug-likeness (QED) is 0.676. The summed E-state index contributed by atoms with van der Waals surface area (Å²) in [5, 5.41) is 4.04. The Hall–Kier alpha value is -3.07. The van der Waals surface area contributed by atoms with Crippen LogP contribution in [0.5, 0.6) is 0 Å². The molecule has 0 aromatic carbocycles. The number of carbonyl (C=O) groups is 1. The number of aromatic nitrogens is 4. The number of piperidine rings is 1. The molecule has 146 valence electrons. The number of pyridine rings is 1. The van der Waals surface area contributed by atoms with Gasteiger partial charge in [-0.25, -0.2) is 4.98 Å². The summed E-state index contributed by atoms with van der Waals surface area (Å²) in [7, 11) is 1.62. The standard InChI is InChI=1S/C19H21N5O4/c1-12-15(21-13(2)27-12)17(25)24-10-7-19(26-3,8-11-24)18-22-16(23-28-18)14-6-4-5-9-20-14/h4-6,9H,7-8,10-11H2,1-3H3. The van der Waals surface area contributed by atoms with Crippen LogP contribution in [-0.4, -0.2) is 51.1 Å². The highest BCUT2D eigenvalue weighted by molar-refractivity contribution is 5.93. The van der Waals surface area contributed by atoms with Crippen LogP contribution in [0, 0.1) is 13.8 Å². The van der Waals surface area contributed by atoms with Crippen LogP contribution >= 0.6 is 0 Å². The molecule has 9 nitrogen and oxygen atoms in total. The van der Waals surface area contributed by atoms with Crippen molar-refractivity contribution in [1.29, 1.82) is 0 Å². The molecular weight excluding hydrogens is 362 g/mol. The summed E-state index contributed by atoms with van der Waals surface area (Å²) in [6.45, 7) is 4.44. The molecule has 1 fully saturated rings. The van der Waals surface area contributed by atoms with Gasteiger partial charge in [-0.05, 0) is 19.1 Å². The van der Waals surface area contributed by atoms with Gasteiger partial charge in [0.05, 0.1) is 0 Å². The Morgan fingerprint density at radius 3 is 2.61 bits per heavy atom. The highest BCUT2D eigenvalue weighted by Crippen LogP contribution is 2.36. The van der Waals surface area contributed by atoms with Crippen LogP contribution in [0.25, 0.3) is 11.5 Å². The molecule has 3 aromatic rings. The van der Waals surface area contributed by atoms with Crippen molar-refractivity contribution in [1.82, 2.24) is 25.0 Å². The zero-order valence-corrected chi connectivity index (χ0v) is 16.0. The molecule has 0 N–H and O–H groups in total. The number of nitrogens with zero attached hydrogens (tertiary/aromatic N) is 5. The van der Waals surface area contributed by atoms with Crippen molar-refractivity contribution in [3.05, 3.63) is 47.6 Å². The fraction of sp³-hybridized carbons (Fsp3) is 0.421. The van der Waals surface area contributed by atoms with Gasteiger partial charge in [-0.1, -0.05) is 11.2 Å². The number of hydrogen-bond donors (Lipinski definition) is 0. The molecule has 1 aliphatic heterocycles. The molecular formula is C19H21N5O4. The van der Waals surface area contributed by atoms with Crippen molar-refractivity contribution >= 4 is 5.91 Å². The molecule has 0 atom stereocenters. The summed E-state index contributed by atoms with van der Waals surface area (Å²) in [5.74, 6) is 1.69. The lowest BCUT2D eigenvalue weighted by Crippen LogP contribution is -2.46. The van der Waals surface area contributed by atoms with E-state index in [9.17, 15) is 4.79 Å². The predicted molar refractivity (Wildman–Crippen MR) is 97.3 cm³/mol. The van der Waals surface area contributed by atoms with Gasteiger partial charge in [0.15, 0.2) is 11.6 Å². The van der Waals surface area contributed by atoms with Crippen LogP contribution in [-0.2, 0) is 10.3 Å². The van der Waals surface area contributed by atoms with Gasteiger partial charge in [0.1, 0.15) is 17.1 Å². The van der Waals surface area contributed by atoms with Crippen molar-refractivity contribution in [3.8, 4) is 11.5 Å². The average molecular weight is 383 g/mol. The molecule has 1 amide bonds. The summed E-state index contributed by atoms with van der Waals surface area (Å²) in [5.41, 5.74) is 0.261. The molecule has 0 bridgehead atoms. The minimum atomic E-state index is -0.731. The van der Waals surface area contributed by atoms with E-state index in [1.54, 1.807) is 32.1 Å². The molecule has 0 saturated carbocycles. The molecule has 9 heteroatoms. The Bertz CT molecular complexity index is 973. The fourth-order valence-corrected chi connectivity index (χ4v) is 3.46. The average Bonchev–Trinajstić information content (AvgIpc) is 3.35. The Balaban J connectivity index is 1.51. The first-order valence-electron chi connectivity index (χ1n) is 9.06. The van der Waals surface area contributed by atoms with E-state index >= 15 is 0 Å². The third-order valence-electron chi connectivity index (χ3n) is 5.06. The van der Waals surface area contributed by atoms with E-state index in [0.29, 0.717) is 60.7 Å². The molecule has 3 aromatic heterocycles. The molecule has 0 radical (unpaired) electrons. The van der Waals surface area contributed by atoms with Crippen LogP contribution < -0.4 is 0 Å². The lowest BCUT2D eigenvalue weighted by Gasteiger charge is -2.38. The summed E-state index contributed by atoms with van der Waals surface area (Å²) >= 11 is 0. The summed E-state index contributed by atoms with van der Waals surface area (Å²) in [6, 6.07) is 5.51.